The van der Waals surface area contributed by atoms with E-state index >= 15 is 0 Å². The second-order valence-electron chi connectivity index (χ2n) is 6.72. The Morgan fingerprint density at radius 1 is 1.47 bits per heavy atom. The first-order valence-corrected chi connectivity index (χ1v) is 10.5. The molecule has 1 aliphatic heterocycles. The molecule has 0 radical (unpaired) electrons. The molecule has 0 saturated carbocycles. The summed E-state index contributed by atoms with van der Waals surface area (Å²) in [6, 6.07) is 4.80. The summed E-state index contributed by atoms with van der Waals surface area (Å²) in [6.45, 7) is 0.561. The molecule has 0 aromatic carbocycles. The minimum atomic E-state index is -4.57. The maximum absolute atomic E-state index is 12.0. The molecular weight excluding hydrogens is 421 g/mol. The quantitative estimate of drug-likeness (QED) is 0.313. The van der Waals surface area contributed by atoms with Gasteiger partial charge in [0.15, 0.2) is 5.82 Å². The minimum Gasteiger partial charge on any atom is -0.391 e. The third-order valence-corrected chi connectivity index (χ3v) is 5.74. The number of aliphatic hydroxyl groups excluding tert-OH is 3. The summed E-state index contributed by atoms with van der Waals surface area (Å²) < 4.78 is 28.3. The zero-order chi connectivity index (χ0) is 22.1. The van der Waals surface area contributed by atoms with E-state index in [9.17, 15) is 30.0 Å². The van der Waals surface area contributed by atoms with E-state index < -0.39 is 51.1 Å². The molecule has 2 aromatic rings. The van der Waals surface area contributed by atoms with Crippen molar-refractivity contribution in [3.8, 4) is 6.07 Å². The number of phosphoric ester groups is 1. The van der Waals surface area contributed by atoms with Crippen LogP contribution in [0.3, 0.4) is 0 Å². The topological polar surface area (TPSA) is 206 Å². The Morgan fingerprint density at radius 2 is 2.20 bits per heavy atom. The van der Waals surface area contributed by atoms with Gasteiger partial charge in [0.05, 0.1) is 25.0 Å². The van der Waals surface area contributed by atoms with E-state index in [1.54, 1.807) is 6.92 Å². The number of anilines is 1. The zero-order valence-electron chi connectivity index (χ0n) is 15.9. The van der Waals surface area contributed by atoms with Crippen LogP contribution < -0.4 is 5.73 Å². The van der Waals surface area contributed by atoms with Crippen LogP contribution in [-0.2, 0) is 24.0 Å². The number of ether oxygens (including phenoxy) is 1. The highest BCUT2D eigenvalue weighted by atomic mass is 31.2. The monoisotopic (exact) mass is 443 g/mol. The highest BCUT2D eigenvalue weighted by molar-refractivity contribution is 7.47. The van der Waals surface area contributed by atoms with E-state index in [1.165, 1.54) is 16.6 Å². The number of nitrogen functional groups attached to an aromatic ring is 1. The molecule has 13 nitrogen and oxygen atoms in total. The van der Waals surface area contributed by atoms with Crippen LogP contribution in [0.15, 0.2) is 18.5 Å². The molecule has 6 atom stereocenters. The lowest BCUT2D eigenvalue weighted by molar-refractivity contribution is -0.0648. The number of hydrogen-bond donors (Lipinski definition) is 5. The smallest absolute Gasteiger partial charge is 0.391 e. The van der Waals surface area contributed by atoms with Crippen LogP contribution in [0, 0.1) is 11.3 Å². The number of rotatable bonds is 8. The molecule has 2 aromatic heterocycles. The lowest BCUT2D eigenvalue weighted by Gasteiger charge is -2.24. The van der Waals surface area contributed by atoms with Crippen LogP contribution in [0.2, 0.25) is 0 Å². The summed E-state index contributed by atoms with van der Waals surface area (Å²) in [5, 5.41) is 44.2. The highest BCUT2D eigenvalue weighted by Crippen LogP contribution is 2.46. The first kappa shape index (κ1) is 22.5. The van der Waals surface area contributed by atoms with Gasteiger partial charge in [0, 0.05) is 0 Å². The maximum Gasteiger partial charge on any atom is 0.472 e. The Balaban J connectivity index is 1.80. The molecule has 0 aliphatic carbocycles. The molecule has 1 fully saturated rings. The Morgan fingerprint density at radius 3 is 2.87 bits per heavy atom. The van der Waals surface area contributed by atoms with Crippen molar-refractivity contribution >= 4 is 19.2 Å². The van der Waals surface area contributed by atoms with E-state index in [0.717, 1.165) is 6.33 Å². The molecule has 2 unspecified atom stereocenters. The van der Waals surface area contributed by atoms with Crippen molar-refractivity contribution in [2.24, 2.45) is 0 Å². The summed E-state index contributed by atoms with van der Waals surface area (Å²) in [4.78, 5) is 13.6. The predicted octanol–water partition coefficient (Wildman–Crippen LogP) is -0.945. The Hall–Kier alpha value is -2.14. The van der Waals surface area contributed by atoms with Gasteiger partial charge < -0.3 is 30.7 Å². The van der Waals surface area contributed by atoms with Gasteiger partial charge in [-0.05, 0) is 18.6 Å². The number of aliphatic hydroxyl groups is 3. The van der Waals surface area contributed by atoms with Crippen molar-refractivity contribution in [1.82, 2.24) is 14.6 Å². The molecular formula is C16H22N5O8P. The largest absolute Gasteiger partial charge is 0.472 e. The number of aromatic nitrogens is 3. The summed E-state index contributed by atoms with van der Waals surface area (Å²) in [6.07, 6.45) is -4.20. The van der Waals surface area contributed by atoms with E-state index in [2.05, 4.69) is 14.6 Å². The molecule has 30 heavy (non-hydrogen) atoms. The normalized spacial score (nSPS) is 29.5. The fourth-order valence-electron chi connectivity index (χ4n) is 3.05. The average molecular weight is 443 g/mol. The van der Waals surface area contributed by atoms with Crippen molar-refractivity contribution in [3.05, 3.63) is 24.2 Å². The number of hydrogen-bond acceptors (Lipinski definition) is 11. The second-order valence-corrected chi connectivity index (χ2v) is 8.18. The van der Waals surface area contributed by atoms with Gasteiger partial charge in [-0.2, -0.15) is 10.4 Å². The molecule has 3 heterocycles. The van der Waals surface area contributed by atoms with Crippen LogP contribution in [0.4, 0.5) is 5.82 Å². The SMILES string of the molecule is CC[C@@H](O)COP(=O)(O)OC[C@H]1O[C@@](C#N)(c2ccc3c(N)ncnn23)[C@@H](O)C1O. The van der Waals surface area contributed by atoms with Crippen LogP contribution in [0.1, 0.15) is 19.0 Å². The van der Waals surface area contributed by atoms with E-state index in [4.69, 9.17) is 15.0 Å². The van der Waals surface area contributed by atoms with Gasteiger partial charge in [0.2, 0.25) is 5.60 Å². The first-order chi connectivity index (χ1) is 14.1. The highest BCUT2D eigenvalue weighted by Gasteiger charge is 2.57. The number of fused-ring (bicyclic) bond motifs is 1. The molecule has 0 spiro atoms. The van der Waals surface area contributed by atoms with Crippen LogP contribution in [0.25, 0.3) is 5.52 Å². The van der Waals surface area contributed by atoms with Gasteiger partial charge in [-0.3, -0.25) is 9.05 Å². The van der Waals surface area contributed by atoms with Crippen molar-refractivity contribution < 1.29 is 38.6 Å². The third-order valence-electron chi connectivity index (χ3n) is 4.79. The lowest BCUT2D eigenvalue weighted by atomic mass is 9.92. The van der Waals surface area contributed by atoms with Gasteiger partial charge in [0.25, 0.3) is 0 Å². The van der Waals surface area contributed by atoms with E-state index in [1.807, 2.05) is 6.07 Å². The predicted molar refractivity (Wildman–Crippen MR) is 99.6 cm³/mol. The third kappa shape index (κ3) is 4.04. The molecule has 0 bridgehead atoms. The summed E-state index contributed by atoms with van der Waals surface area (Å²) in [5.41, 5.74) is 4.16. The van der Waals surface area contributed by atoms with E-state index in [0.29, 0.717) is 11.9 Å². The summed E-state index contributed by atoms with van der Waals surface area (Å²) in [7, 11) is -4.57. The van der Waals surface area contributed by atoms with Gasteiger partial charge in [-0.1, -0.05) is 6.92 Å². The molecule has 14 heteroatoms. The van der Waals surface area contributed by atoms with Crippen molar-refractivity contribution in [2.45, 2.75) is 43.4 Å². The average Bonchev–Trinajstić information content (AvgIpc) is 3.27. The second kappa shape index (κ2) is 8.54. The molecule has 1 saturated heterocycles. The van der Waals surface area contributed by atoms with Crippen molar-refractivity contribution in [3.63, 3.8) is 0 Å². The van der Waals surface area contributed by atoms with Gasteiger partial charge >= 0.3 is 7.82 Å². The fraction of sp³-hybridized carbons (Fsp3) is 0.562. The summed E-state index contributed by atoms with van der Waals surface area (Å²) >= 11 is 0. The molecule has 1 aliphatic rings. The van der Waals surface area contributed by atoms with Gasteiger partial charge in [0.1, 0.15) is 36.2 Å². The van der Waals surface area contributed by atoms with Crippen LogP contribution in [0.5, 0.6) is 0 Å². The fourth-order valence-corrected chi connectivity index (χ4v) is 3.82. The first-order valence-electron chi connectivity index (χ1n) is 8.99. The molecule has 3 rings (SSSR count). The lowest BCUT2D eigenvalue weighted by Crippen LogP contribution is -2.41. The number of nitrogens with zero attached hydrogens (tertiary/aromatic N) is 4. The zero-order valence-corrected chi connectivity index (χ0v) is 16.8. The van der Waals surface area contributed by atoms with Gasteiger partial charge in [-0.25, -0.2) is 14.1 Å². The number of phosphoric acid groups is 1. The number of nitrogens with two attached hydrogens (primary N) is 1. The van der Waals surface area contributed by atoms with Crippen LogP contribution >= 0.6 is 7.82 Å². The minimum absolute atomic E-state index is 0.0812. The molecule has 6 N–H and O–H groups in total. The molecule has 0 amide bonds. The summed E-state index contributed by atoms with van der Waals surface area (Å²) in [5.74, 6) is 0.130. The van der Waals surface area contributed by atoms with Crippen LogP contribution in [-0.4, -0.2) is 72.4 Å². The maximum atomic E-state index is 12.0. The van der Waals surface area contributed by atoms with Crippen molar-refractivity contribution in [2.75, 3.05) is 18.9 Å². The Labute approximate surface area is 170 Å². The van der Waals surface area contributed by atoms with Gasteiger partial charge in [-0.15, -0.1) is 0 Å². The Bertz CT molecular complexity index is 996. The standard InChI is InChI=1S/C16H22N5O8P/c1-2-9(22)5-27-30(25,26)28-6-11-13(23)14(24)16(7-17,29-11)12-4-3-10-15(18)19-8-20-21(10)12/h3-4,8-9,11,13-14,22-24H,2,5-6H2,1H3,(H,25,26)(H2,18,19,20)/t9-,11-,13?,14+,16+/m1/s1. The van der Waals surface area contributed by atoms with E-state index in [-0.39, 0.29) is 11.5 Å². The Kier molecular flexibility index (Phi) is 6.42. The molecule has 164 valence electrons. The number of nitriles is 1. The van der Waals surface area contributed by atoms with Crippen molar-refractivity contribution in [1.29, 1.82) is 5.26 Å².